The lowest BCUT2D eigenvalue weighted by Crippen LogP contribution is -2.35. The Morgan fingerprint density at radius 2 is 1.90 bits per heavy atom. The molecular formula is C18H25Cl2N. The van der Waals surface area contributed by atoms with E-state index in [1.807, 2.05) is 12.1 Å². The van der Waals surface area contributed by atoms with Crippen LogP contribution in [-0.2, 0) is 6.42 Å². The van der Waals surface area contributed by atoms with Crippen LogP contribution in [-0.4, -0.2) is 12.6 Å². The van der Waals surface area contributed by atoms with Crippen LogP contribution in [0.15, 0.2) is 18.2 Å². The third-order valence-corrected chi connectivity index (χ3v) is 5.89. The molecule has 2 fully saturated rings. The van der Waals surface area contributed by atoms with Crippen LogP contribution in [0, 0.1) is 17.8 Å². The summed E-state index contributed by atoms with van der Waals surface area (Å²) in [6.07, 6.45) is 7.96. The van der Waals surface area contributed by atoms with Gasteiger partial charge in [-0.2, -0.15) is 0 Å². The molecular weight excluding hydrogens is 301 g/mol. The van der Waals surface area contributed by atoms with Crippen molar-refractivity contribution < 1.29 is 0 Å². The molecule has 3 heteroatoms. The average molecular weight is 326 g/mol. The Morgan fingerprint density at radius 1 is 1.19 bits per heavy atom. The summed E-state index contributed by atoms with van der Waals surface area (Å²) in [5.74, 6) is 2.81. The van der Waals surface area contributed by atoms with E-state index >= 15 is 0 Å². The van der Waals surface area contributed by atoms with Gasteiger partial charge in [-0.05, 0) is 67.7 Å². The van der Waals surface area contributed by atoms with Crippen LogP contribution < -0.4 is 5.32 Å². The van der Waals surface area contributed by atoms with Gasteiger partial charge in [-0.3, -0.25) is 0 Å². The Hall–Kier alpha value is -0.240. The standard InChI is InChI=1S/C18H25Cl2N/c1-2-9-21-17(18-14-5-3-4-6-15(14)18)10-12-7-8-13(19)11-16(12)20/h7-8,11,14-15,17-18,21H,2-6,9-10H2,1H3. The van der Waals surface area contributed by atoms with Gasteiger partial charge in [-0.15, -0.1) is 0 Å². The number of halogens is 2. The molecule has 116 valence electrons. The van der Waals surface area contributed by atoms with Gasteiger partial charge in [0.2, 0.25) is 0 Å². The van der Waals surface area contributed by atoms with E-state index in [-0.39, 0.29) is 0 Å². The molecule has 0 amide bonds. The van der Waals surface area contributed by atoms with Crippen molar-refractivity contribution in [2.45, 2.75) is 51.5 Å². The summed E-state index contributed by atoms with van der Waals surface area (Å²) >= 11 is 12.4. The van der Waals surface area contributed by atoms with Gasteiger partial charge in [-0.25, -0.2) is 0 Å². The van der Waals surface area contributed by atoms with Crippen molar-refractivity contribution in [2.75, 3.05) is 6.54 Å². The summed E-state index contributed by atoms with van der Waals surface area (Å²) in [6.45, 7) is 3.34. The molecule has 0 bridgehead atoms. The normalized spacial score (nSPS) is 29.0. The molecule has 2 aliphatic rings. The van der Waals surface area contributed by atoms with Gasteiger partial charge in [0.05, 0.1) is 0 Å². The van der Waals surface area contributed by atoms with Crippen molar-refractivity contribution >= 4 is 23.2 Å². The van der Waals surface area contributed by atoms with Gasteiger partial charge < -0.3 is 5.32 Å². The zero-order chi connectivity index (χ0) is 14.8. The predicted molar refractivity (Wildman–Crippen MR) is 91.2 cm³/mol. The summed E-state index contributed by atoms with van der Waals surface area (Å²) in [6, 6.07) is 6.50. The second-order valence-corrected chi connectivity index (χ2v) is 7.53. The molecule has 1 N–H and O–H groups in total. The highest BCUT2D eigenvalue weighted by atomic mass is 35.5. The van der Waals surface area contributed by atoms with Crippen LogP contribution in [0.4, 0.5) is 0 Å². The maximum absolute atomic E-state index is 6.37. The number of hydrogen-bond acceptors (Lipinski definition) is 1. The Bertz CT molecular complexity index is 476. The summed E-state index contributed by atoms with van der Waals surface area (Å²) in [5.41, 5.74) is 1.23. The number of benzene rings is 1. The maximum atomic E-state index is 6.37. The minimum Gasteiger partial charge on any atom is -0.313 e. The van der Waals surface area contributed by atoms with Crippen molar-refractivity contribution in [3.8, 4) is 0 Å². The maximum Gasteiger partial charge on any atom is 0.0453 e. The molecule has 2 aliphatic carbocycles. The second-order valence-electron chi connectivity index (χ2n) is 6.69. The lowest BCUT2D eigenvalue weighted by molar-refractivity contribution is 0.428. The van der Waals surface area contributed by atoms with Gasteiger partial charge in [0.1, 0.15) is 0 Å². The zero-order valence-electron chi connectivity index (χ0n) is 12.7. The molecule has 0 heterocycles. The van der Waals surface area contributed by atoms with Crippen molar-refractivity contribution in [3.63, 3.8) is 0 Å². The van der Waals surface area contributed by atoms with E-state index in [0.29, 0.717) is 6.04 Å². The van der Waals surface area contributed by atoms with E-state index in [4.69, 9.17) is 23.2 Å². The summed E-state index contributed by atoms with van der Waals surface area (Å²) in [4.78, 5) is 0. The van der Waals surface area contributed by atoms with E-state index in [1.165, 1.54) is 37.7 Å². The van der Waals surface area contributed by atoms with Crippen LogP contribution in [0.3, 0.4) is 0 Å². The molecule has 1 aromatic carbocycles. The minimum atomic E-state index is 0.580. The topological polar surface area (TPSA) is 12.0 Å². The third kappa shape index (κ3) is 3.57. The van der Waals surface area contributed by atoms with Gasteiger partial charge >= 0.3 is 0 Å². The molecule has 1 aromatic rings. The Morgan fingerprint density at radius 3 is 2.52 bits per heavy atom. The Labute approximate surface area is 138 Å². The van der Waals surface area contributed by atoms with Crippen LogP contribution in [0.25, 0.3) is 0 Å². The van der Waals surface area contributed by atoms with Crippen molar-refractivity contribution in [3.05, 3.63) is 33.8 Å². The SMILES string of the molecule is CCCNC(Cc1ccc(Cl)cc1Cl)C1C2CCCCC21. The zero-order valence-corrected chi connectivity index (χ0v) is 14.3. The summed E-state index contributed by atoms with van der Waals surface area (Å²) < 4.78 is 0. The molecule has 0 saturated heterocycles. The molecule has 3 rings (SSSR count). The first-order valence-electron chi connectivity index (χ1n) is 8.38. The van der Waals surface area contributed by atoms with E-state index in [2.05, 4.69) is 18.3 Å². The monoisotopic (exact) mass is 325 g/mol. The molecule has 2 saturated carbocycles. The molecule has 0 spiro atoms. The van der Waals surface area contributed by atoms with Gasteiger partial charge in [0.25, 0.3) is 0 Å². The summed E-state index contributed by atoms with van der Waals surface area (Å²) in [7, 11) is 0. The number of hydrogen-bond donors (Lipinski definition) is 1. The number of rotatable bonds is 6. The highest BCUT2D eigenvalue weighted by Crippen LogP contribution is 2.57. The lowest BCUT2D eigenvalue weighted by atomic mass is 9.99. The number of nitrogens with one attached hydrogen (secondary N) is 1. The average Bonchev–Trinajstić information content (AvgIpc) is 3.20. The van der Waals surface area contributed by atoms with Crippen molar-refractivity contribution in [1.82, 2.24) is 5.32 Å². The van der Waals surface area contributed by atoms with Gasteiger partial charge in [0.15, 0.2) is 0 Å². The number of fused-ring (bicyclic) bond motifs is 1. The minimum absolute atomic E-state index is 0.580. The van der Waals surface area contributed by atoms with Crippen LogP contribution >= 0.6 is 23.2 Å². The molecule has 0 aromatic heterocycles. The fourth-order valence-electron chi connectivity index (χ4n) is 4.24. The van der Waals surface area contributed by atoms with E-state index in [9.17, 15) is 0 Å². The highest BCUT2D eigenvalue weighted by molar-refractivity contribution is 6.35. The lowest BCUT2D eigenvalue weighted by Gasteiger charge is -2.20. The first-order valence-corrected chi connectivity index (χ1v) is 9.13. The first kappa shape index (κ1) is 15.6. The van der Waals surface area contributed by atoms with Crippen LogP contribution in [0.1, 0.15) is 44.6 Å². The molecule has 1 nitrogen and oxygen atoms in total. The third-order valence-electron chi connectivity index (χ3n) is 5.30. The molecule has 21 heavy (non-hydrogen) atoms. The molecule has 3 unspecified atom stereocenters. The molecule has 0 aliphatic heterocycles. The van der Waals surface area contributed by atoms with E-state index in [1.54, 1.807) is 0 Å². The highest BCUT2D eigenvalue weighted by Gasteiger charge is 2.53. The van der Waals surface area contributed by atoms with Gasteiger partial charge in [0, 0.05) is 16.1 Å². The van der Waals surface area contributed by atoms with Gasteiger partial charge in [-0.1, -0.05) is 49.0 Å². The van der Waals surface area contributed by atoms with Crippen molar-refractivity contribution in [1.29, 1.82) is 0 Å². The van der Waals surface area contributed by atoms with Crippen LogP contribution in [0.2, 0.25) is 10.0 Å². The second kappa shape index (κ2) is 6.89. The summed E-state index contributed by atoms with van der Waals surface area (Å²) in [5, 5.41) is 5.32. The Kier molecular flexibility index (Phi) is 5.14. The largest absolute Gasteiger partial charge is 0.313 e. The molecule has 0 radical (unpaired) electrons. The van der Waals surface area contributed by atoms with E-state index in [0.717, 1.165) is 40.8 Å². The smallest absolute Gasteiger partial charge is 0.0453 e. The molecule has 3 atom stereocenters. The first-order chi connectivity index (χ1) is 10.2. The fourth-order valence-corrected chi connectivity index (χ4v) is 4.73. The predicted octanol–water partition coefficient (Wildman–Crippen LogP) is 5.34. The van der Waals surface area contributed by atoms with Crippen LogP contribution in [0.5, 0.6) is 0 Å². The Balaban J connectivity index is 1.70. The van der Waals surface area contributed by atoms with E-state index < -0.39 is 0 Å². The van der Waals surface area contributed by atoms with Crippen molar-refractivity contribution in [2.24, 2.45) is 17.8 Å². The quantitative estimate of drug-likeness (QED) is 0.744. The fraction of sp³-hybridized carbons (Fsp3) is 0.667.